The summed E-state index contributed by atoms with van der Waals surface area (Å²) >= 11 is 5.93. The van der Waals surface area contributed by atoms with Crippen molar-refractivity contribution >= 4 is 11.6 Å². The van der Waals surface area contributed by atoms with Crippen molar-refractivity contribution < 1.29 is 17.9 Å². The first-order valence-corrected chi connectivity index (χ1v) is 6.51. The van der Waals surface area contributed by atoms with E-state index in [4.69, 9.17) is 16.3 Å². The number of ether oxygens (including phenoxy) is 1. The lowest BCUT2D eigenvalue weighted by Crippen LogP contribution is -2.20. The maximum Gasteiger partial charge on any atom is 0.137 e. The Hall–Kier alpha value is -1.72. The zero-order valence-corrected chi connectivity index (χ0v) is 12.1. The van der Waals surface area contributed by atoms with Crippen molar-refractivity contribution in [2.24, 2.45) is 0 Å². The van der Waals surface area contributed by atoms with Crippen molar-refractivity contribution in [1.29, 1.82) is 0 Å². The fourth-order valence-corrected chi connectivity index (χ4v) is 2.36. The maximum atomic E-state index is 13.9. The predicted molar refractivity (Wildman–Crippen MR) is 75.2 cm³/mol. The average molecular weight is 316 g/mol. The standard InChI is InChI=1S/C15H13ClF3NO/c1-20-15(8-3-4-10(16)13(5-8)21-2)14-11(18)6-9(17)7-12(14)19/h3-7,15,20H,1-2H3. The second-order valence-corrected chi connectivity index (χ2v) is 4.81. The first-order chi connectivity index (χ1) is 9.97. The van der Waals surface area contributed by atoms with Gasteiger partial charge in [0.05, 0.1) is 18.2 Å². The molecule has 0 amide bonds. The molecule has 0 bridgehead atoms. The van der Waals surface area contributed by atoms with Crippen LogP contribution in [0.1, 0.15) is 17.2 Å². The number of halogens is 4. The highest BCUT2D eigenvalue weighted by Gasteiger charge is 2.22. The molecule has 112 valence electrons. The summed E-state index contributed by atoms with van der Waals surface area (Å²) in [4.78, 5) is 0. The monoisotopic (exact) mass is 315 g/mol. The molecule has 0 aliphatic carbocycles. The van der Waals surface area contributed by atoms with Gasteiger partial charge in [0.2, 0.25) is 0 Å². The SMILES string of the molecule is CNC(c1ccc(Cl)c(OC)c1)c1c(F)cc(F)cc1F. The van der Waals surface area contributed by atoms with E-state index in [9.17, 15) is 13.2 Å². The highest BCUT2D eigenvalue weighted by Crippen LogP contribution is 2.32. The van der Waals surface area contributed by atoms with E-state index in [0.717, 1.165) is 0 Å². The summed E-state index contributed by atoms with van der Waals surface area (Å²) < 4.78 is 45.9. The van der Waals surface area contributed by atoms with Gasteiger partial charge in [-0.2, -0.15) is 0 Å². The van der Waals surface area contributed by atoms with E-state index in [1.165, 1.54) is 7.11 Å². The molecule has 21 heavy (non-hydrogen) atoms. The van der Waals surface area contributed by atoms with Gasteiger partial charge >= 0.3 is 0 Å². The third kappa shape index (κ3) is 3.14. The Morgan fingerprint density at radius 1 is 1.10 bits per heavy atom. The number of hydrogen-bond acceptors (Lipinski definition) is 2. The number of hydrogen-bond donors (Lipinski definition) is 1. The van der Waals surface area contributed by atoms with Gasteiger partial charge in [0.15, 0.2) is 0 Å². The van der Waals surface area contributed by atoms with Crippen LogP contribution >= 0.6 is 11.6 Å². The molecule has 1 atom stereocenters. The number of benzene rings is 2. The van der Waals surface area contributed by atoms with Crippen LogP contribution in [0.15, 0.2) is 30.3 Å². The first-order valence-electron chi connectivity index (χ1n) is 6.13. The Balaban J connectivity index is 2.55. The molecule has 1 N–H and O–H groups in total. The van der Waals surface area contributed by atoms with Crippen LogP contribution in [0.2, 0.25) is 5.02 Å². The maximum absolute atomic E-state index is 13.9. The molecule has 0 heterocycles. The Kier molecular flexibility index (Phi) is 4.75. The summed E-state index contributed by atoms with van der Waals surface area (Å²) in [6, 6.07) is 5.27. The van der Waals surface area contributed by atoms with Crippen LogP contribution in [-0.2, 0) is 0 Å². The largest absolute Gasteiger partial charge is 0.495 e. The molecule has 2 aromatic carbocycles. The summed E-state index contributed by atoms with van der Waals surface area (Å²) in [5.74, 6) is -2.49. The molecule has 0 aliphatic heterocycles. The second kappa shape index (κ2) is 6.37. The second-order valence-electron chi connectivity index (χ2n) is 4.40. The van der Waals surface area contributed by atoms with Crippen LogP contribution in [0, 0.1) is 17.5 Å². The number of rotatable bonds is 4. The molecular formula is C15H13ClF3NO. The topological polar surface area (TPSA) is 21.3 Å². The van der Waals surface area contributed by atoms with Crippen molar-refractivity contribution in [3.63, 3.8) is 0 Å². The quantitative estimate of drug-likeness (QED) is 0.918. The molecular weight excluding hydrogens is 303 g/mol. The molecule has 2 rings (SSSR count). The molecule has 0 saturated heterocycles. The number of nitrogens with one attached hydrogen (secondary N) is 1. The van der Waals surface area contributed by atoms with E-state index >= 15 is 0 Å². The molecule has 0 aromatic heterocycles. The molecule has 2 aromatic rings. The Bertz CT molecular complexity index is 640. The summed E-state index contributed by atoms with van der Waals surface area (Å²) in [5, 5.41) is 3.19. The van der Waals surface area contributed by atoms with Gasteiger partial charge in [-0.3, -0.25) is 0 Å². The molecule has 0 radical (unpaired) electrons. The van der Waals surface area contributed by atoms with Gasteiger partial charge in [0, 0.05) is 17.7 Å². The van der Waals surface area contributed by atoms with Crippen LogP contribution in [0.3, 0.4) is 0 Å². The van der Waals surface area contributed by atoms with Crippen molar-refractivity contribution in [3.05, 3.63) is 63.9 Å². The van der Waals surface area contributed by atoms with Crippen molar-refractivity contribution in [3.8, 4) is 5.75 Å². The third-order valence-electron chi connectivity index (χ3n) is 3.13. The molecule has 0 saturated carbocycles. The van der Waals surface area contributed by atoms with Crippen molar-refractivity contribution in [2.75, 3.05) is 14.2 Å². The van der Waals surface area contributed by atoms with Crippen LogP contribution in [0.5, 0.6) is 5.75 Å². The van der Waals surface area contributed by atoms with E-state index in [-0.39, 0.29) is 5.56 Å². The summed E-state index contributed by atoms with van der Waals surface area (Å²) in [6.45, 7) is 0. The minimum absolute atomic E-state index is 0.261. The molecule has 0 spiro atoms. The summed E-state index contributed by atoms with van der Waals surface area (Å²) in [7, 11) is 2.99. The molecule has 6 heteroatoms. The Morgan fingerprint density at radius 2 is 1.71 bits per heavy atom. The number of methoxy groups -OCH3 is 1. The fourth-order valence-electron chi connectivity index (χ4n) is 2.16. The fraction of sp³-hybridized carbons (Fsp3) is 0.200. The lowest BCUT2D eigenvalue weighted by atomic mass is 9.97. The highest BCUT2D eigenvalue weighted by molar-refractivity contribution is 6.32. The smallest absolute Gasteiger partial charge is 0.137 e. The van der Waals surface area contributed by atoms with Gasteiger partial charge in [0.25, 0.3) is 0 Å². The molecule has 0 fully saturated rings. The lowest BCUT2D eigenvalue weighted by molar-refractivity contribution is 0.413. The van der Waals surface area contributed by atoms with Gasteiger partial charge in [-0.15, -0.1) is 0 Å². The third-order valence-corrected chi connectivity index (χ3v) is 3.44. The van der Waals surface area contributed by atoms with Crippen molar-refractivity contribution in [1.82, 2.24) is 5.32 Å². The summed E-state index contributed by atoms with van der Waals surface area (Å²) in [5.41, 5.74) is 0.284. The van der Waals surface area contributed by atoms with Crippen LogP contribution in [0.25, 0.3) is 0 Å². The molecule has 0 aliphatic rings. The van der Waals surface area contributed by atoms with Crippen LogP contribution in [-0.4, -0.2) is 14.2 Å². The van der Waals surface area contributed by atoms with E-state index in [1.54, 1.807) is 25.2 Å². The lowest BCUT2D eigenvalue weighted by Gasteiger charge is -2.19. The van der Waals surface area contributed by atoms with Gasteiger partial charge in [-0.1, -0.05) is 17.7 Å². The minimum atomic E-state index is -0.961. The van der Waals surface area contributed by atoms with Gasteiger partial charge < -0.3 is 10.1 Å². The zero-order chi connectivity index (χ0) is 15.6. The van der Waals surface area contributed by atoms with Gasteiger partial charge in [-0.25, -0.2) is 13.2 Å². The van der Waals surface area contributed by atoms with E-state index < -0.39 is 23.5 Å². The van der Waals surface area contributed by atoms with Crippen LogP contribution < -0.4 is 10.1 Å². The van der Waals surface area contributed by atoms with Crippen LogP contribution in [0.4, 0.5) is 13.2 Å². The predicted octanol–water partition coefficient (Wildman–Crippen LogP) is 4.07. The van der Waals surface area contributed by atoms with Crippen molar-refractivity contribution in [2.45, 2.75) is 6.04 Å². The Labute approximate surface area is 125 Å². The Morgan fingerprint density at radius 3 is 2.24 bits per heavy atom. The normalized spacial score (nSPS) is 12.3. The zero-order valence-electron chi connectivity index (χ0n) is 11.4. The molecule has 1 unspecified atom stereocenters. The van der Waals surface area contributed by atoms with Gasteiger partial charge in [-0.05, 0) is 24.7 Å². The highest BCUT2D eigenvalue weighted by atomic mass is 35.5. The average Bonchev–Trinajstić information content (AvgIpc) is 2.43. The van der Waals surface area contributed by atoms with Gasteiger partial charge in [0.1, 0.15) is 23.2 Å². The van der Waals surface area contributed by atoms with E-state index in [1.807, 2.05) is 0 Å². The van der Waals surface area contributed by atoms with E-state index in [0.29, 0.717) is 28.5 Å². The molecule has 2 nitrogen and oxygen atoms in total. The minimum Gasteiger partial charge on any atom is -0.495 e. The summed E-state index contributed by atoms with van der Waals surface area (Å²) in [6.07, 6.45) is 0. The van der Waals surface area contributed by atoms with E-state index in [2.05, 4.69) is 5.32 Å². The first kappa shape index (κ1) is 15.7.